The number of amides is 1. The van der Waals surface area contributed by atoms with Crippen molar-refractivity contribution in [2.24, 2.45) is 0 Å². The zero-order valence-corrected chi connectivity index (χ0v) is 12.9. The van der Waals surface area contributed by atoms with Gasteiger partial charge in [-0.15, -0.1) is 0 Å². The molecule has 23 heavy (non-hydrogen) atoms. The third-order valence-corrected chi connectivity index (χ3v) is 3.79. The monoisotopic (exact) mass is 314 g/mol. The van der Waals surface area contributed by atoms with Gasteiger partial charge in [0.25, 0.3) is 0 Å². The van der Waals surface area contributed by atoms with Gasteiger partial charge in [0, 0.05) is 11.7 Å². The lowest BCUT2D eigenvalue weighted by Crippen LogP contribution is -2.34. The topological polar surface area (TPSA) is 50.4 Å². The van der Waals surface area contributed by atoms with Crippen LogP contribution >= 0.6 is 0 Å². The number of nitrogens with one attached hydrogen (secondary N) is 2. The number of ether oxygens (including phenoxy) is 1. The van der Waals surface area contributed by atoms with Crippen LogP contribution in [-0.2, 0) is 4.79 Å². The first-order chi connectivity index (χ1) is 11.2. The van der Waals surface area contributed by atoms with Gasteiger partial charge < -0.3 is 15.4 Å². The Balaban J connectivity index is 1.80. The third kappa shape index (κ3) is 4.00. The number of halogens is 1. The Morgan fingerprint density at radius 2 is 1.78 bits per heavy atom. The molecule has 2 N–H and O–H groups in total. The molecule has 0 aromatic heterocycles. The highest BCUT2D eigenvalue weighted by atomic mass is 19.1. The molecule has 0 saturated heterocycles. The molecule has 2 aromatic carbocycles. The van der Waals surface area contributed by atoms with E-state index < -0.39 is 6.04 Å². The molecule has 2 aromatic rings. The van der Waals surface area contributed by atoms with Gasteiger partial charge in [-0.1, -0.05) is 12.1 Å². The molecule has 1 atom stereocenters. The molecule has 1 fully saturated rings. The average Bonchev–Trinajstić information content (AvgIpc) is 3.38. The normalized spacial score (nSPS) is 14.9. The van der Waals surface area contributed by atoms with Gasteiger partial charge in [-0.05, 0) is 54.8 Å². The predicted octanol–water partition coefficient (Wildman–Crippen LogP) is 3.27. The summed E-state index contributed by atoms with van der Waals surface area (Å²) in [6, 6.07) is 13.0. The van der Waals surface area contributed by atoms with Crippen molar-refractivity contribution < 1.29 is 13.9 Å². The molecule has 1 aliphatic carbocycles. The van der Waals surface area contributed by atoms with Gasteiger partial charge in [0.15, 0.2) is 0 Å². The molecule has 120 valence electrons. The van der Waals surface area contributed by atoms with Gasteiger partial charge in [0.2, 0.25) is 5.91 Å². The molecule has 1 saturated carbocycles. The Kier molecular flexibility index (Phi) is 4.46. The van der Waals surface area contributed by atoms with Crippen LogP contribution in [0, 0.1) is 5.82 Å². The Labute approximate surface area is 134 Å². The molecule has 3 rings (SSSR count). The third-order valence-electron chi connectivity index (χ3n) is 3.79. The zero-order valence-electron chi connectivity index (χ0n) is 12.9. The maximum atomic E-state index is 13.1. The first-order valence-electron chi connectivity index (χ1n) is 7.62. The van der Waals surface area contributed by atoms with Crippen LogP contribution in [0.2, 0.25) is 0 Å². The van der Waals surface area contributed by atoms with E-state index in [4.69, 9.17) is 4.74 Å². The van der Waals surface area contributed by atoms with Crippen molar-refractivity contribution in [1.82, 2.24) is 5.32 Å². The van der Waals surface area contributed by atoms with Gasteiger partial charge >= 0.3 is 0 Å². The number of hydrogen-bond acceptors (Lipinski definition) is 3. The standard InChI is InChI=1S/C18H19FN2O2/c1-23-16-10-8-14(9-11-16)20-17(18(22)21-15-6-7-15)12-2-4-13(19)5-3-12/h2-5,8-11,15,17,20H,6-7H2,1H3,(H,21,22). The maximum absolute atomic E-state index is 13.1. The Morgan fingerprint density at radius 1 is 1.13 bits per heavy atom. The summed E-state index contributed by atoms with van der Waals surface area (Å²) in [7, 11) is 1.60. The lowest BCUT2D eigenvalue weighted by Gasteiger charge is -2.20. The van der Waals surface area contributed by atoms with E-state index in [0.29, 0.717) is 0 Å². The number of methoxy groups -OCH3 is 1. The molecule has 1 unspecified atom stereocenters. The summed E-state index contributed by atoms with van der Waals surface area (Å²) >= 11 is 0. The Morgan fingerprint density at radius 3 is 2.35 bits per heavy atom. The van der Waals surface area contributed by atoms with E-state index in [1.165, 1.54) is 12.1 Å². The van der Waals surface area contributed by atoms with Crippen LogP contribution in [0.15, 0.2) is 48.5 Å². The minimum absolute atomic E-state index is 0.102. The summed E-state index contributed by atoms with van der Waals surface area (Å²) in [6.45, 7) is 0. The van der Waals surface area contributed by atoms with E-state index in [1.807, 2.05) is 24.3 Å². The highest BCUT2D eigenvalue weighted by Gasteiger charge is 2.28. The lowest BCUT2D eigenvalue weighted by molar-refractivity contribution is -0.122. The average molecular weight is 314 g/mol. The minimum Gasteiger partial charge on any atom is -0.497 e. The smallest absolute Gasteiger partial charge is 0.247 e. The van der Waals surface area contributed by atoms with Crippen molar-refractivity contribution in [2.45, 2.75) is 24.9 Å². The lowest BCUT2D eigenvalue weighted by atomic mass is 10.1. The molecule has 0 radical (unpaired) electrons. The van der Waals surface area contributed by atoms with Crippen molar-refractivity contribution in [3.8, 4) is 5.75 Å². The first kappa shape index (κ1) is 15.3. The van der Waals surface area contributed by atoms with Crippen LogP contribution in [0.4, 0.5) is 10.1 Å². The fourth-order valence-corrected chi connectivity index (χ4v) is 2.32. The summed E-state index contributed by atoms with van der Waals surface area (Å²) in [4.78, 5) is 12.5. The van der Waals surface area contributed by atoms with Gasteiger partial charge in [-0.25, -0.2) is 4.39 Å². The zero-order chi connectivity index (χ0) is 16.2. The van der Waals surface area contributed by atoms with Gasteiger partial charge in [-0.3, -0.25) is 4.79 Å². The molecule has 1 aliphatic rings. The van der Waals surface area contributed by atoms with E-state index in [9.17, 15) is 9.18 Å². The quantitative estimate of drug-likeness (QED) is 0.860. The molecule has 0 heterocycles. The number of anilines is 1. The summed E-state index contributed by atoms with van der Waals surface area (Å²) in [6.07, 6.45) is 2.04. The fraction of sp³-hybridized carbons (Fsp3) is 0.278. The van der Waals surface area contributed by atoms with Crippen molar-refractivity contribution in [3.05, 3.63) is 59.9 Å². The summed E-state index contributed by atoms with van der Waals surface area (Å²) in [5, 5.41) is 6.20. The predicted molar refractivity (Wildman–Crippen MR) is 86.9 cm³/mol. The van der Waals surface area contributed by atoms with Crippen LogP contribution in [0.5, 0.6) is 5.75 Å². The number of benzene rings is 2. The SMILES string of the molecule is COc1ccc(NC(C(=O)NC2CC2)c2ccc(F)cc2)cc1. The van der Waals surface area contributed by atoms with Crippen LogP contribution in [0.3, 0.4) is 0 Å². The second-order valence-electron chi connectivity index (χ2n) is 5.64. The van der Waals surface area contributed by atoms with Gasteiger partial charge in [-0.2, -0.15) is 0 Å². The molecule has 0 aliphatic heterocycles. The largest absolute Gasteiger partial charge is 0.497 e. The molecule has 5 heteroatoms. The van der Waals surface area contributed by atoms with Gasteiger partial charge in [0.05, 0.1) is 7.11 Å². The number of carbonyl (C=O) groups excluding carboxylic acids is 1. The van der Waals surface area contributed by atoms with Crippen molar-refractivity contribution in [1.29, 1.82) is 0 Å². The number of hydrogen-bond donors (Lipinski definition) is 2. The van der Waals surface area contributed by atoms with Crippen molar-refractivity contribution in [3.63, 3.8) is 0 Å². The Hall–Kier alpha value is -2.56. The van der Waals surface area contributed by atoms with E-state index in [0.717, 1.165) is 29.8 Å². The number of rotatable bonds is 6. The van der Waals surface area contributed by atoms with Crippen LogP contribution in [-0.4, -0.2) is 19.1 Å². The molecule has 4 nitrogen and oxygen atoms in total. The van der Waals surface area contributed by atoms with E-state index in [2.05, 4.69) is 10.6 Å². The highest BCUT2D eigenvalue weighted by Crippen LogP contribution is 2.25. The molecule has 1 amide bonds. The second-order valence-corrected chi connectivity index (χ2v) is 5.64. The van der Waals surface area contributed by atoms with Crippen molar-refractivity contribution >= 4 is 11.6 Å². The van der Waals surface area contributed by atoms with E-state index in [-0.39, 0.29) is 17.8 Å². The molecular formula is C18H19FN2O2. The van der Waals surface area contributed by atoms with E-state index in [1.54, 1.807) is 19.2 Å². The van der Waals surface area contributed by atoms with E-state index >= 15 is 0 Å². The second kappa shape index (κ2) is 6.69. The van der Waals surface area contributed by atoms with Crippen molar-refractivity contribution in [2.75, 3.05) is 12.4 Å². The maximum Gasteiger partial charge on any atom is 0.247 e. The fourth-order valence-electron chi connectivity index (χ4n) is 2.32. The highest BCUT2D eigenvalue weighted by molar-refractivity contribution is 5.86. The Bertz CT molecular complexity index is 666. The summed E-state index contributed by atoms with van der Waals surface area (Å²) < 4.78 is 18.3. The van der Waals surface area contributed by atoms with Crippen LogP contribution < -0.4 is 15.4 Å². The molecule has 0 bridgehead atoms. The first-order valence-corrected chi connectivity index (χ1v) is 7.62. The van der Waals surface area contributed by atoms with Gasteiger partial charge in [0.1, 0.15) is 17.6 Å². The summed E-state index contributed by atoms with van der Waals surface area (Å²) in [5.41, 5.74) is 1.52. The summed E-state index contributed by atoms with van der Waals surface area (Å²) in [5.74, 6) is 0.325. The number of carbonyl (C=O) groups is 1. The minimum atomic E-state index is -0.565. The van der Waals surface area contributed by atoms with Crippen LogP contribution in [0.1, 0.15) is 24.4 Å². The molecule has 0 spiro atoms. The molecular weight excluding hydrogens is 295 g/mol. The van der Waals surface area contributed by atoms with Crippen LogP contribution in [0.25, 0.3) is 0 Å².